The van der Waals surface area contributed by atoms with Gasteiger partial charge < -0.3 is 15.3 Å². The fourth-order valence-corrected chi connectivity index (χ4v) is 3.39. The lowest BCUT2D eigenvalue weighted by atomic mass is 9.78. The number of carbonyl (C=O) groups excluding carboxylic acids is 1. The molecule has 0 aliphatic rings. The van der Waals surface area contributed by atoms with Crippen LogP contribution in [-0.2, 0) is 12.0 Å². The number of hydrogen-bond acceptors (Lipinski definition) is 2. The lowest BCUT2D eigenvalue weighted by molar-refractivity contribution is 0.124. The standard InChI is InChI=1S/C24H26N2O2/c1-26(2)23(27)25-18-17-19-11-9-10-16-22(19)24(28,20-12-5-3-6-13-20)21-14-7-4-8-15-21/h3-16,28H,17-18H2,1-2H3,(H,25,27). The number of nitrogens with zero attached hydrogens (tertiary/aromatic N) is 1. The average Bonchev–Trinajstić information content (AvgIpc) is 2.74. The molecule has 2 N–H and O–H groups in total. The quantitative estimate of drug-likeness (QED) is 0.645. The van der Waals surface area contributed by atoms with Crippen LogP contribution in [0.5, 0.6) is 0 Å². The van der Waals surface area contributed by atoms with Gasteiger partial charge in [0.15, 0.2) is 0 Å². The molecule has 4 nitrogen and oxygen atoms in total. The minimum atomic E-state index is -1.27. The molecule has 3 aromatic carbocycles. The van der Waals surface area contributed by atoms with Crippen LogP contribution in [0.1, 0.15) is 22.3 Å². The van der Waals surface area contributed by atoms with Gasteiger partial charge in [0.1, 0.15) is 5.60 Å². The number of nitrogens with one attached hydrogen (secondary N) is 1. The van der Waals surface area contributed by atoms with E-state index in [1.165, 1.54) is 4.90 Å². The normalized spacial score (nSPS) is 11.1. The van der Waals surface area contributed by atoms with Crippen LogP contribution in [0.25, 0.3) is 0 Å². The van der Waals surface area contributed by atoms with E-state index < -0.39 is 5.60 Å². The highest BCUT2D eigenvalue weighted by molar-refractivity contribution is 5.73. The first-order chi connectivity index (χ1) is 13.5. The zero-order valence-corrected chi connectivity index (χ0v) is 16.3. The predicted octanol–water partition coefficient (Wildman–Crippen LogP) is 3.78. The van der Waals surface area contributed by atoms with Gasteiger partial charge in [-0.2, -0.15) is 0 Å². The van der Waals surface area contributed by atoms with Gasteiger partial charge >= 0.3 is 6.03 Å². The number of amides is 2. The van der Waals surface area contributed by atoms with Gasteiger partial charge in [-0.1, -0.05) is 84.9 Å². The molecule has 3 aromatic rings. The van der Waals surface area contributed by atoms with Crippen molar-refractivity contribution in [1.29, 1.82) is 0 Å². The van der Waals surface area contributed by atoms with Crippen LogP contribution in [-0.4, -0.2) is 36.7 Å². The SMILES string of the molecule is CN(C)C(=O)NCCc1ccccc1C(O)(c1ccccc1)c1ccccc1. The van der Waals surface area contributed by atoms with E-state index in [2.05, 4.69) is 5.32 Å². The zero-order valence-electron chi connectivity index (χ0n) is 16.3. The molecule has 0 saturated heterocycles. The second-order valence-corrected chi connectivity index (χ2v) is 6.98. The summed E-state index contributed by atoms with van der Waals surface area (Å²) < 4.78 is 0. The molecular weight excluding hydrogens is 348 g/mol. The summed E-state index contributed by atoms with van der Waals surface area (Å²) in [7, 11) is 3.43. The van der Waals surface area contributed by atoms with Gasteiger partial charge in [0.2, 0.25) is 0 Å². The van der Waals surface area contributed by atoms with E-state index in [9.17, 15) is 9.90 Å². The van der Waals surface area contributed by atoms with Crippen molar-refractivity contribution in [2.24, 2.45) is 0 Å². The van der Waals surface area contributed by atoms with Gasteiger partial charge in [-0.3, -0.25) is 0 Å². The van der Waals surface area contributed by atoms with Gasteiger partial charge in [0.05, 0.1) is 0 Å². The Labute approximate surface area is 166 Å². The molecular formula is C24H26N2O2. The predicted molar refractivity (Wildman–Crippen MR) is 112 cm³/mol. The maximum atomic E-state index is 12.0. The third kappa shape index (κ3) is 4.07. The first kappa shape index (κ1) is 19.6. The molecule has 0 unspecified atom stereocenters. The maximum Gasteiger partial charge on any atom is 0.316 e. The Hall–Kier alpha value is -3.11. The molecule has 0 spiro atoms. The Morgan fingerprint density at radius 1 is 0.857 bits per heavy atom. The van der Waals surface area contributed by atoms with Crippen LogP contribution in [0.3, 0.4) is 0 Å². The van der Waals surface area contributed by atoms with E-state index in [4.69, 9.17) is 0 Å². The van der Waals surface area contributed by atoms with E-state index in [1.54, 1.807) is 14.1 Å². The summed E-state index contributed by atoms with van der Waals surface area (Å²) >= 11 is 0. The summed E-state index contributed by atoms with van der Waals surface area (Å²) in [5.74, 6) is 0. The molecule has 0 heterocycles. The number of hydrogen-bond donors (Lipinski definition) is 2. The van der Waals surface area contributed by atoms with Gasteiger partial charge in [-0.15, -0.1) is 0 Å². The largest absolute Gasteiger partial charge is 0.376 e. The molecule has 0 aliphatic carbocycles. The summed E-state index contributed by atoms with van der Waals surface area (Å²) in [6.45, 7) is 0.494. The lowest BCUT2D eigenvalue weighted by Crippen LogP contribution is -2.36. The molecule has 0 bridgehead atoms. The molecule has 144 valence electrons. The summed E-state index contributed by atoms with van der Waals surface area (Å²) in [4.78, 5) is 13.3. The van der Waals surface area contributed by atoms with E-state index in [0.29, 0.717) is 13.0 Å². The molecule has 28 heavy (non-hydrogen) atoms. The van der Waals surface area contributed by atoms with Gasteiger partial charge in [-0.05, 0) is 28.7 Å². The highest BCUT2D eigenvalue weighted by atomic mass is 16.3. The number of urea groups is 1. The fraction of sp³-hybridized carbons (Fsp3) is 0.208. The third-order valence-corrected chi connectivity index (χ3v) is 4.87. The van der Waals surface area contributed by atoms with E-state index >= 15 is 0 Å². The van der Waals surface area contributed by atoms with Crippen molar-refractivity contribution in [3.8, 4) is 0 Å². The summed E-state index contributed by atoms with van der Waals surface area (Å²) in [6.07, 6.45) is 0.623. The van der Waals surface area contributed by atoms with Crippen molar-refractivity contribution in [1.82, 2.24) is 10.2 Å². The molecule has 0 aliphatic heterocycles. The second kappa shape index (κ2) is 8.72. The first-order valence-electron chi connectivity index (χ1n) is 9.40. The van der Waals surface area contributed by atoms with Crippen LogP contribution in [0.4, 0.5) is 4.79 Å². The first-order valence-corrected chi connectivity index (χ1v) is 9.40. The molecule has 2 amide bonds. The molecule has 0 fully saturated rings. The van der Waals surface area contributed by atoms with Gasteiger partial charge in [-0.25, -0.2) is 4.79 Å². The monoisotopic (exact) mass is 374 g/mol. The lowest BCUT2D eigenvalue weighted by Gasteiger charge is -2.32. The summed E-state index contributed by atoms with van der Waals surface area (Å²) in [5.41, 5.74) is 2.17. The molecule has 0 radical (unpaired) electrons. The minimum absolute atomic E-state index is 0.126. The molecule has 4 heteroatoms. The minimum Gasteiger partial charge on any atom is -0.376 e. The maximum absolute atomic E-state index is 12.0. The average molecular weight is 374 g/mol. The van der Waals surface area contributed by atoms with Crippen LogP contribution >= 0.6 is 0 Å². The smallest absolute Gasteiger partial charge is 0.316 e. The van der Waals surface area contributed by atoms with E-state index in [0.717, 1.165) is 22.3 Å². The van der Waals surface area contributed by atoms with Crippen molar-refractivity contribution in [3.05, 3.63) is 107 Å². The summed E-state index contributed by atoms with van der Waals surface area (Å²) in [5, 5.41) is 14.9. The van der Waals surface area contributed by atoms with Crippen molar-refractivity contribution < 1.29 is 9.90 Å². The number of carbonyl (C=O) groups is 1. The Morgan fingerprint density at radius 3 is 1.89 bits per heavy atom. The molecule has 3 rings (SSSR count). The Bertz CT molecular complexity index is 869. The van der Waals surface area contributed by atoms with Crippen LogP contribution in [0.2, 0.25) is 0 Å². The van der Waals surface area contributed by atoms with Crippen LogP contribution < -0.4 is 5.32 Å². The van der Waals surface area contributed by atoms with Crippen LogP contribution in [0, 0.1) is 0 Å². The highest BCUT2D eigenvalue weighted by Gasteiger charge is 2.35. The second-order valence-electron chi connectivity index (χ2n) is 6.98. The van der Waals surface area contributed by atoms with Crippen molar-refractivity contribution in [2.75, 3.05) is 20.6 Å². The number of benzene rings is 3. The fourth-order valence-electron chi connectivity index (χ4n) is 3.39. The van der Waals surface area contributed by atoms with Crippen molar-refractivity contribution in [2.45, 2.75) is 12.0 Å². The third-order valence-electron chi connectivity index (χ3n) is 4.87. The van der Waals surface area contributed by atoms with E-state index in [-0.39, 0.29) is 6.03 Å². The highest BCUT2D eigenvalue weighted by Crippen LogP contribution is 2.38. The molecule has 0 saturated carbocycles. The molecule has 0 atom stereocenters. The Balaban J connectivity index is 2.01. The van der Waals surface area contributed by atoms with Gasteiger partial charge in [0.25, 0.3) is 0 Å². The summed E-state index contributed by atoms with van der Waals surface area (Å²) in [6, 6.07) is 27.1. The van der Waals surface area contributed by atoms with Crippen molar-refractivity contribution in [3.63, 3.8) is 0 Å². The number of aliphatic hydroxyl groups is 1. The van der Waals surface area contributed by atoms with E-state index in [1.807, 2.05) is 84.9 Å². The van der Waals surface area contributed by atoms with Crippen molar-refractivity contribution >= 4 is 6.03 Å². The Morgan fingerprint density at radius 2 is 1.36 bits per heavy atom. The zero-order chi connectivity index (χ0) is 20.0. The topological polar surface area (TPSA) is 52.6 Å². The van der Waals surface area contributed by atoms with Crippen LogP contribution in [0.15, 0.2) is 84.9 Å². The van der Waals surface area contributed by atoms with Gasteiger partial charge in [0, 0.05) is 20.6 Å². The molecule has 0 aromatic heterocycles. The number of rotatable bonds is 6. The Kier molecular flexibility index (Phi) is 6.12.